The van der Waals surface area contributed by atoms with Crippen LogP contribution in [0.1, 0.15) is 31.2 Å². The van der Waals surface area contributed by atoms with E-state index in [0.717, 1.165) is 5.56 Å². The van der Waals surface area contributed by atoms with Gasteiger partial charge in [-0.05, 0) is 24.8 Å². The first-order chi connectivity index (χ1) is 13.9. The van der Waals surface area contributed by atoms with Crippen molar-refractivity contribution in [1.82, 2.24) is 10.6 Å². The van der Waals surface area contributed by atoms with Crippen LogP contribution in [0.3, 0.4) is 0 Å². The van der Waals surface area contributed by atoms with Gasteiger partial charge in [-0.3, -0.25) is 19.2 Å². The molecular weight excluding hydrogens is 380 g/mol. The summed E-state index contributed by atoms with van der Waals surface area (Å²) in [5.41, 5.74) is 0.915. The molecule has 1 aliphatic carbocycles. The molecule has 0 radical (unpaired) electrons. The number of aliphatic hydroxyl groups is 1. The summed E-state index contributed by atoms with van der Waals surface area (Å²) in [6.45, 7) is -0.0324. The molecular formula is C20H28N2O7. The maximum atomic E-state index is 12.1. The number of hydrogen-bond donors (Lipinski definition) is 4. The number of carbonyl (C=O) groups is 4. The quantitative estimate of drug-likeness (QED) is 0.374. The van der Waals surface area contributed by atoms with Crippen molar-refractivity contribution in [2.75, 3.05) is 13.7 Å². The van der Waals surface area contributed by atoms with Crippen LogP contribution in [-0.4, -0.2) is 60.3 Å². The van der Waals surface area contributed by atoms with Gasteiger partial charge >= 0.3 is 5.97 Å². The third-order valence-corrected chi connectivity index (χ3v) is 4.60. The number of nitrogens with one attached hydrogen (secondary N) is 2. The van der Waals surface area contributed by atoms with Crippen molar-refractivity contribution in [3.8, 4) is 0 Å². The summed E-state index contributed by atoms with van der Waals surface area (Å²) in [4.78, 5) is 43.7. The van der Waals surface area contributed by atoms with Gasteiger partial charge < -0.3 is 25.6 Å². The summed E-state index contributed by atoms with van der Waals surface area (Å²) >= 11 is 0. The van der Waals surface area contributed by atoms with Crippen LogP contribution in [0.15, 0.2) is 30.3 Å². The van der Waals surface area contributed by atoms with Gasteiger partial charge in [0.15, 0.2) is 0 Å². The van der Waals surface area contributed by atoms with E-state index in [1.54, 1.807) is 0 Å². The Hall–Kier alpha value is -2.94. The molecule has 0 saturated heterocycles. The van der Waals surface area contributed by atoms with Crippen molar-refractivity contribution in [3.63, 3.8) is 0 Å². The number of methoxy groups -OCH3 is 1. The SMILES string of the molecule is COC(=O)CCNC(=O)[C@H]1CC[C@@H](NC(=O)Cc2ccccc2)[C@H](O)C1.O=CO. The molecule has 2 amide bonds. The summed E-state index contributed by atoms with van der Waals surface area (Å²) in [5, 5.41) is 22.7. The fourth-order valence-corrected chi connectivity index (χ4v) is 3.13. The van der Waals surface area contributed by atoms with E-state index in [4.69, 9.17) is 9.90 Å². The van der Waals surface area contributed by atoms with Crippen LogP contribution in [0.2, 0.25) is 0 Å². The monoisotopic (exact) mass is 408 g/mol. The summed E-state index contributed by atoms with van der Waals surface area (Å²) < 4.78 is 4.52. The third kappa shape index (κ3) is 9.20. The maximum Gasteiger partial charge on any atom is 0.307 e. The van der Waals surface area contributed by atoms with Crippen LogP contribution >= 0.6 is 0 Å². The fourth-order valence-electron chi connectivity index (χ4n) is 3.13. The first-order valence-electron chi connectivity index (χ1n) is 9.35. The highest BCUT2D eigenvalue weighted by Crippen LogP contribution is 2.25. The molecule has 1 aromatic rings. The van der Waals surface area contributed by atoms with Crippen LogP contribution in [-0.2, 0) is 30.3 Å². The lowest BCUT2D eigenvalue weighted by molar-refractivity contribution is -0.140. The topological polar surface area (TPSA) is 142 Å². The molecule has 4 N–H and O–H groups in total. The lowest BCUT2D eigenvalue weighted by Crippen LogP contribution is -2.49. The summed E-state index contributed by atoms with van der Waals surface area (Å²) in [6, 6.07) is 9.06. The molecule has 1 saturated carbocycles. The highest BCUT2D eigenvalue weighted by atomic mass is 16.5. The fraction of sp³-hybridized carbons (Fsp3) is 0.500. The molecule has 0 heterocycles. The van der Waals surface area contributed by atoms with Crippen molar-refractivity contribution in [2.45, 2.75) is 44.2 Å². The molecule has 1 aromatic carbocycles. The van der Waals surface area contributed by atoms with Crippen molar-refractivity contribution < 1.29 is 34.1 Å². The molecule has 1 aliphatic rings. The van der Waals surface area contributed by atoms with Crippen molar-refractivity contribution in [1.29, 1.82) is 0 Å². The van der Waals surface area contributed by atoms with Gasteiger partial charge in [0.2, 0.25) is 11.8 Å². The minimum atomic E-state index is -0.764. The third-order valence-electron chi connectivity index (χ3n) is 4.60. The Labute approximate surface area is 169 Å². The number of esters is 1. The standard InChI is InChI=1S/C19H26N2O5.CH2O2/c1-26-18(24)9-10-20-19(25)14-7-8-15(16(22)12-14)21-17(23)11-13-5-3-2-4-6-13;2-1-3/h2-6,14-16,22H,7-12H2,1H3,(H,20,25)(H,21,23);1H,(H,2,3)/t14-,15+,16+;/m0./s1. The molecule has 9 nitrogen and oxygen atoms in total. The Morgan fingerprint density at radius 2 is 1.86 bits per heavy atom. The van der Waals surface area contributed by atoms with E-state index in [9.17, 15) is 19.5 Å². The van der Waals surface area contributed by atoms with Crippen LogP contribution < -0.4 is 10.6 Å². The van der Waals surface area contributed by atoms with Crippen LogP contribution in [0, 0.1) is 5.92 Å². The maximum absolute atomic E-state index is 12.1. The van der Waals surface area contributed by atoms with Gasteiger partial charge in [-0.1, -0.05) is 30.3 Å². The Balaban J connectivity index is 0.00000132. The van der Waals surface area contributed by atoms with Crippen LogP contribution in [0.25, 0.3) is 0 Å². The van der Waals surface area contributed by atoms with E-state index in [1.807, 2.05) is 30.3 Å². The molecule has 0 aliphatic heterocycles. The Kier molecular flexibility index (Phi) is 11.0. The number of carboxylic acid groups (broad SMARTS) is 1. The molecule has 29 heavy (non-hydrogen) atoms. The summed E-state index contributed by atoms with van der Waals surface area (Å²) in [5.74, 6) is -1.01. The number of ether oxygens (including phenoxy) is 1. The van der Waals surface area contributed by atoms with Gasteiger partial charge in [0.05, 0.1) is 32.1 Å². The molecule has 9 heteroatoms. The van der Waals surface area contributed by atoms with E-state index >= 15 is 0 Å². The Morgan fingerprint density at radius 1 is 1.21 bits per heavy atom. The highest BCUT2D eigenvalue weighted by molar-refractivity contribution is 5.80. The number of rotatable bonds is 7. The lowest BCUT2D eigenvalue weighted by Gasteiger charge is -2.33. The van der Waals surface area contributed by atoms with Gasteiger partial charge in [-0.2, -0.15) is 0 Å². The first-order valence-corrected chi connectivity index (χ1v) is 9.35. The molecule has 0 unspecified atom stereocenters. The highest BCUT2D eigenvalue weighted by Gasteiger charge is 2.33. The van der Waals surface area contributed by atoms with E-state index in [1.165, 1.54) is 7.11 Å². The second kappa shape index (κ2) is 13.3. The molecule has 3 atom stereocenters. The van der Waals surface area contributed by atoms with Gasteiger partial charge in [0.25, 0.3) is 6.47 Å². The lowest BCUT2D eigenvalue weighted by atomic mass is 9.83. The normalized spacial score (nSPS) is 20.4. The second-order valence-electron chi connectivity index (χ2n) is 6.64. The predicted molar refractivity (Wildman–Crippen MR) is 104 cm³/mol. The smallest absolute Gasteiger partial charge is 0.307 e. The van der Waals surface area contributed by atoms with Gasteiger partial charge in [0.1, 0.15) is 0 Å². The predicted octanol–water partition coefficient (Wildman–Crippen LogP) is 0.255. The zero-order chi connectivity index (χ0) is 21.6. The average Bonchev–Trinajstić information content (AvgIpc) is 2.70. The first kappa shape index (κ1) is 24.1. The van der Waals surface area contributed by atoms with E-state index in [-0.39, 0.29) is 55.6 Å². The second-order valence-corrected chi connectivity index (χ2v) is 6.64. The molecule has 0 aromatic heterocycles. The number of aliphatic hydroxyl groups excluding tert-OH is 1. The van der Waals surface area contributed by atoms with E-state index in [2.05, 4.69) is 15.4 Å². The Morgan fingerprint density at radius 3 is 2.45 bits per heavy atom. The van der Waals surface area contributed by atoms with Crippen LogP contribution in [0.4, 0.5) is 0 Å². The minimum absolute atomic E-state index is 0.121. The zero-order valence-electron chi connectivity index (χ0n) is 16.4. The number of amides is 2. The number of hydrogen-bond acceptors (Lipinski definition) is 6. The Bertz CT molecular complexity index is 666. The number of benzene rings is 1. The van der Waals surface area contributed by atoms with Crippen LogP contribution in [0.5, 0.6) is 0 Å². The van der Waals surface area contributed by atoms with Gasteiger partial charge in [-0.15, -0.1) is 0 Å². The molecule has 160 valence electrons. The van der Waals surface area contributed by atoms with Gasteiger partial charge in [0, 0.05) is 12.5 Å². The average molecular weight is 408 g/mol. The van der Waals surface area contributed by atoms with Crippen molar-refractivity contribution in [3.05, 3.63) is 35.9 Å². The van der Waals surface area contributed by atoms with Crippen molar-refractivity contribution in [2.24, 2.45) is 5.92 Å². The van der Waals surface area contributed by atoms with Gasteiger partial charge in [-0.25, -0.2) is 0 Å². The zero-order valence-corrected chi connectivity index (χ0v) is 16.4. The minimum Gasteiger partial charge on any atom is -0.483 e. The molecule has 2 rings (SSSR count). The largest absolute Gasteiger partial charge is 0.483 e. The van der Waals surface area contributed by atoms with E-state index < -0.39 is 6.10 Å². The van der Waals surface area contributed by atoms with E-state index in [0.29, 0.717) is 19.3 Å². The summed E-state index contributed by atoms with van der Waals surface area (Å²) in [6.07, 6.45) is 1.03. The molecule has 0 bridgehead atoms. The summed E-state index contributed by atoms with van der Waals surface area (Å²) in [7, 11) is 1.30. The molecule has 1 fully saturated rings. The number of carbonyl (C=O) groups excluding carboxylic acids is 3. The molecule has 0 spiro atoms. The van der Waals surface area contributed by atoms with Crippen molar-refractivity contribution >= 4 is 24.3 Å².